The van der Waals surface area contributed by atoms with Crippen molar-refractivity contribution in [2.75, 3.05) is 24.6 Å². The Balaban J connectivity index is 2.24. The van der Waals surface area contributed by atoms with Crippen LogP contribution >= 0.6 is 0 Å². The number of carbonyl (C=O) groups is 1. The summed E-state index contributed by atoms with van der Waals surface area (Å²) in [4.78, 5) is 23.8. The molecule has 21 heavy (non-hydrogen) atoms. The molecule has 0 aromatic heterocycles. The van der Waals surface area contributed by atoms with Gasteiger partial charge in [-0.15, -0.1) is 0 Å². The summed E-state index contributed by atoms with van der Waals surface area (Å²) in [5.74, 6) is -1.50. The van der Waals surface area contributed by atoms with Gasteiger partial charge < -0.3 is 9.64 Å². The van der Waals surface area contributed by atoms with Crippen LogP contribution in [0.4, 0.5) is 15.8 Å². The van der Waals surface area contributed by atoms with E-state index in [1.807, 2.05) is 0 Å². The highest BCUT2D eigenvalue weighted by Crippen LogP contribution is 2.33. The lowest BCUT2D eigenvalue weighted by Crippen LogP contribution is -2.39. The van der Waals surface area contributed by atoms with Crippen LogP contribution in [0.25, 0.3) is 0 Å². The first-order valence-electron chi connectivity index (χ1n) is 6.89. The van der Waals surface area contributed by atoms with E-state index in [0.29, 0.717) is 32.5 Å². The highest BCUT2D eigenvalue weighted by atomic mass is 19.1. The van der Waals surface area contributed by atoms with Crippen molar-refractivity contribution in [3.8, 4) is 0 Å². The Labute approximate surface area is 121 Å². The molecule has 1 aromatic carbocycles. The molecule has 0 saturated carbocycles. The molecule has 0 N–H and O–H groups in total. The number of ether oxygens (including phenoxy) is 1. The zero-order chi connectivity index (χ0) is 15.4. The number of hydrogen-bond donors (Lipinski definition) is 0. The van der Waals surface area contributed by atoms with Crippen LogP contribution in [0.1, 0.15) is 19.8 Å². The number of rotatable bonds is 4. The number of nitro groups is 1. The van der Waals surface area contributed by atoms with Crippen LogP contribution in [0.5, 0.6) is 0 Å². The van der Waals surface area contributed by atoms with E-state index in [1.165, 1.54) is 12.1 Å². The lowest BCUT2D eigenvalue weighted by Gasteiger charge is -2.32. The van der Waals surface area contributed by atoms with E-state index in [2.05, 4.69) is 0 Å². The normalized spacial score (nSPS) is 18.4. The van der Waals surface area contributed by atoms with E-state index >= 15 is 0 Å². The summed E-state index contributed by atoms with van der Waals surface area (Å²) in [7, 11) is 0. The minimum absolute atomic E-state index is 0.217. The molecule has 1 atom stereocenters. The molecule has 0 amide bonds. The first kappa shape index (κ1) is 15.2. The van der Waals surface area contributed by atoms with Gasteiger partial charge in [-0.1, -0.05) is 6.07 Å². The van der Waals surface area contributed by atoms with Gasteiger partial charge in [0.15, 0.2) is 0 Å². The van der Waals surface area contributed by atoms with Crippen molar-refractivity contribution in [2.24, 2.45) is 5.92 Å². The summed E-state index contributed by atoms with van der Waals surface area (Å²) in [6, 6.07) is 4.01. The summed E-state index contributed by atoms with van der Waals surface area (Å²) < 4.78 is 18.7. The highest BCUT2D eigenvalue weighted by Gasteiger charge is 2.31. The second-order valence-electron chi connectivity index (χ2n) is 4.90. The number of halogens is 1. The number of esters is 1. The number of carbonyl (C=O) groups excluding carboxylic acids is 1. The lowest BCUT2D eigenvalue weighted by atomic mass is 9.97. The lowest BCUT2D eigenvalue weighted by molar-refractivity contribution is -0.386. The number of benzene rings is 1. The van der Waals surface area contributed by atoms with Crippen molar-refractivity contribution in [2.45, 2.75) is 19.8 Å². The Bertz CT molecular complexity index is 550. The summed E-state index contributed by atoms with van der Waals surface area (Å²) in [5, 5.41) is 11.1. The third kappa shape index (κ3) is 3.29. The first-order valence-corrected chi connectivity index (χ1v) is 6.89. The molecule has 1 aliphatic heterocycles. The fraction of sp³-hybridized carbons (Fsp3) is 0.500. The van der Waals surface area contributed by atoms with Crippen molar-refractivity contribution in [3.63, 3.8) is 0 Å². The smallest absolute Gasteiger partial charge is 0.327 e. The van der Waals surface area contributed by atoms with Crippen molar-refractivity contribution < 1.29 is 18.8 Å². The number of nitrogens with zero attached hydrogens (tertiary/aromatic N) is 2. The van der Waals surface area contributed by atoms with E-state index in [4.69, 9.17) is 4.74 Å². The molecule has 0 spiro atoms. The molecular weight excluding hydrogens is 279 g/mol. The average molecular weight is 296 g/mol. The zero-order valence-electron chi connectivity index (χ0n) is 11.8. The molecule has 1 heterocycles. The van der Waals surface area contributed by atoms with Crippen molar-refractivity contribution in [3.05, 3.63) is 34.1 Å². The SMILES string of the molecule is CCOC(=O)C1CCCN(c2cccc(F)c2[N+](=O)[O-])C1. The molecule has 1 fully saturated rings. The number of nitro benzene ring substituents is 1. The first-order chi connectivity index (χ1) is 10.0. The molecular formula is C14H17FN2O4. The Hall–Kier alpha value is -2.18. The quantitative estimate of drug-likeness (QED) is 0.485. The van der Waals surface area contributed by atoms with E-state index < -0.39 is 16.4 Å². The van der Waals surface area contributed by atoms with E-state index in [1.54, 1.807) is 11.8 Å². The Morgan fingerprint density at radius 2 is 2.33 bits per heavy atom. The summed E-state index contributed by atoms with van der Waals surface area (Å²) in [6.07, 6.45) is 1.38. The highest BCUT2D eigenvalue weighted by molar-refractivity contribution is 5.74. The van der Waals surface area contributed by atoms with Crippen LogP contribution in [0.3, 0.4) is 0 Å². The third-order valence-corrected chi connectivity index (χ3v) is 3.53. The maximum absolute atomic E-state index is 13.7. The molecule has 1 aliphatic rings. The van der Waals surface area contributed by atoms with Gasteiger partial charge in [-0.25, -0.2) is 0 Å². The van der Waals surface area contributed by atoms with Crippen molar-refractivity contribution >= 4 is 17.3 Å². The minimum Gasteiger partial charge on any atom is -0.466 e. The molecule has 7 heteroatoms. The van der Waals surface area contributed by atoms with Gasteiger partial charge in [-0.3, -0.25) is 14.9 Å². The standard InChI is InChI=1S/C14H17FN2O4/c1-2-21-14(18)10-5-4-8-16(9-10)12-7-3-6-11(15)13(12)17(19)20/h3,6-7,10H,2,4-5,8-9H2,1H3. The molecule has 0 bridgehead atoms. The topological polar surface area (TPSA) is 72.7 Å². The number of piperidine rings is 1. The summed E-state index contributed by atoms with van der Waals surface area (Å²) in [6.45, 7) is 2.90. The fourth-order valence-electron chi connectivity index (χ4n) is 2.59. The second kappa shape index (κ2) is 6.51. The zero-order valence-corrected chi connectivity index (χ0v) is 11.8. The van der Waals surface area contributed by atoms with Crippen LogP contribution in [0.2, 0.25) is 0 Å². The van der Waals surface area contributed by atoms with Gasteiger partial charge in [0.05, 0.1) is 17.4 Å². The Morgan fingerprint density at radius 1 is 1.57 bits per heavy atom. The molecule has 6 nitrogen and oxygen atoms in total. The van der Waals surface area contributed by atoms with Crippen molar-refractivity contribution in [1.29, 1.82) is 0 Å². The Kier molecular flexibility index (Phi) is 4.72. The number of para-hydroxylation sites is 1. The average Bonchev–Trinajstić information content (AvgIpc) is 2.47. The van der Waals surface area contributed by atoms with E-state index in [0.717, 1.165) is 6.07 Å². The molecule has 2 rings (SSSR count). The van der Waals surface area contributed by atoms with Gasteiger partial charge in [0, 0.05) is 13.1 Å². The minimum atomic E-state index is -0.865. The van der Waals surface area contributed by atoms with Gasteiger partial charge in [-0.05, 0) is 31.9 Å². The van der Waals surface area contributed by atoms with E-state index in [9.17, 15) is 19.3 Å². The largest absolute Gasteiger partial charge is 0.466 e. The number of anilines is 1. The van der Waals surface area contributed by atoms with Crippen molar-refractivity contribution in [1.82, 2.24) is 0 Å². The monoisotopic (exact) mass is 296 g/mol. The predicted molar refractivity (Wildman–Crippen MR) is 74.6 cm³/mol. The van der Waals surface area contributed by atoms with Gasteiger partial charge in [0.1, 0.15) is 5.69 Å². The molecule has 0 radical (unpaired) electrons. The molecule has 1 unspecified atom stereocenters. The fourth-order valence-corrected chi connectivity index (χ4v) is 2.59. The molecule has 1 saturated heterocycles. The molecule has 1 aromatic rings. The van der Waals surface area contributed by atoms with Crippen LogP contribution in [0.15, 0.2) is 18.2 Å². The van der Waals surface area contributed by atoms with Crippen LogP contribution in [-0.2, 0) is 9.53 Å². The Morgan fingerprint density at radius 3 is 3.00 bits per heavy atom. The molecule has 0 aliphatic carbocycles. The third-order valence-electron chi connectivity index (χ3n) is 3.53. The molecule has 114 valence electrons. The summed E-state index contributed by atoms with van der Waals surface area (Å²) >= 11 is 0. The van der Waals surface area contributed by atoms with Crippen LogP contribution in [0, 0.1) is 21.8 Å². The van der Waals surface area contributed by atoms with Crippen LogP contribution < -0.4 is 4.90 Å². The predicted octanol–water partition coefficient (Wildman–Crippen LogP) is 2.51. The van der Waals surface area contributed by atoms with Crippen LogP contribution in [-0.4, -0.2) is 30.6 Å². The number of hydrogen-bond acceptors (Lipinski definition) is 5. The van der Waals surface area contributed by atoms with Gasteiger partial charge >= 0.3 is 11.7 Å². The second-order valence-corrected chi connectivity index (χ2v) is 4.90. The van der Waals surface area contributed by atoms with E-state index in [-0.39, 0.29) is 17.6 Å². The maximum atomic E-state index is 13.7. The van der Waals surface area contributed by atoms with Gasteiger partial charge in [-0.2, -0.15) is 4.39 Å². The summed E-state index contributed by atoms with van der Waals surface area (Å²) in [5.41, 5.74) is -0.323. The maximum Gasteiger partial charge on any atom is 0.327 e. The van der Waals surface area contributed by atoms with Gasteiger partial charge in [0.25, 0.3) is 0 Å². The van der Waals surface area contributed by atoms with Gasteiger partial charge in [0.2, 0.25) is 5.82 Å².